The van der Waals surface area contributed by atoms with Gasteiger partial charge in [0.05, 0.1) is 0 Å². The van der Waals surface area contributed by atoms with Crippen molar-refractivity contribution in [3.8, 4) is 0 Å². The van der Waals surface area contributed by atoms with E-state index in [-0.39, 0.29) is 0 Å². The molecule has 0 heterocycles. The molecule has 2 unspecified atom stereocenters. The summed E-state index contributed by atoms with van der Waals surface area (Å²) in [5.74, 6) is 1.62. The van der Waals surface area contributed by atoms with Gasteiger partial charge in [-0.2, -0.15) is 0 Å². The predicted octanol–water partition coefficient (Wildman–Crippen LogP) is 3.97. The summed E-state index contributed by atoms with van der Waals surface area (Å²) in [5.41, 5.74) is 5.60. The Morgan fingerprint density at radius 2 is 1.50 bits per heavy atom. The van der Waals surface area contributed by atoms with Gasteiger partial charge >= 0.3 is 0 Å². The van der Waals surface area contributed by atoms with Crippen LogP contribution in [-0.2, 0) is 0 Å². The predicted molar refractivity (Wildman–Crippen MR) is 65.4 cm³/mol. The fourth-order valence-corrected chi connectivity index (χ4v) is 1.75. The Kier molecular flexibility index (Phi) is 9.49. The number of rotatable bonds is 9. The molecule has 0 aliphatic rings. The van der Waals surface area contributed by atoms with Crippen molar-refractivity contribution in [1.82, 2.24) is 0 Å². The van der Waals surface area contributed by atoms with Crippen LogP contribution >= 0.6 is 0 Å². The molecule has 86 valence electrons. The average Bonchev–Trinajstić information content (AvgIpc) is 2.21. The van der Waals surface area contributed by atoms with Gasteiger partial charge in [0.15, 0.2) is 0 Å². The van der Waals surface area contributed by atoms with E-state index in [1.54, 1.807) is 0 Å². The summed E-state index contributed by atoms with van der Waals surface area (Å²) in [4.78, 5) is 0. The minimum absolute atomic E-state index is 0.716. The van der Waals surface area contributed by atoms with E-state index in [2.05, 4.69) is 20.8 Å². The molecule has 0 aliphatic carbocycles. The molecule has 0 saturated heterocycles. The Balaban J connectivity index is 3.23. The first kappa shape index (κ1) is 14.0. The largest absolute Gasteiger partial charge is 0.330 e. The van der Waals surface area contributed by atoms with Crippen LogP contribution in [0.1, 0.15) is 65.7 Å². The highest BCUT2D eigenvalue weighted by molar-refractivity contribution is 4.59. The smallest absolute Gasteiger partial charge is 0.00515 e. The standard InChI is InChI=1S/C13H29N/c1-4-5-6-7-8-12(2)9-10-13(3)11-14/h12-13H,4-11,14H2,1-3H3. The lowest BCUT2D eigenvalue weighted by Crippen LogP contribution is -2.11. The zero-order valence-electron chi connectivity index (χ0n) is 10.4. The van der Waals surface area contributed by atoms with E-state index in [1.807, 2.05) is 0 Å². The molecule has 0 aliphatic heterocycles. The second-order valence-electron chi connectivity index (χ2n) is 4.87. The maximum Gasteiger partial charge on any atom is -0.00515 e. The van der Waals surface area contributed by atoms with Crippen molar-refractivity contribution >= 4 is 0 Å². The third kappa shape index (κ3) is 8.55. The molecule has 1 heteroatoms. The van der Waals surface area contributed by atoms with Gasteiger partial charge in [0, 0.05) is 0 Å². The Hall–Kier alpha value is -0.0400. The van der Waals surface area contributed by atoms with Gasteiger partial charge in [-0.3, -0.25) is 0 Å². The maximum atomic E-state index is 5.60. The van der Waals surface area contributed by atoms with E-state index >= 15 is 0 Å². The zero-order valence-corrected chi connectivity index (χ0v) is 10.4. The van der Waals surface area contributed by atoms with E-state index in [9.17, 15) is 0 Å². The summed E-state index contributed by atoms with van der Waals surface area (Å²) in [6.07, 6.45) is 9.69. The topological polar surface area (TPSA) is 26.0 Å². The van der Waals surface area contributed by atoms with E-state index in [0.29, 0.717) is 5.92 Å². The monoisotopic (exact) mass is 199 g/mol. The molecular weight excluding hydrogens is 170 g/mol. The molecule has 0 aromatic carbocycles. The number of unbranched alkanes of at least 4 members (excludes halogenated alkanes) is 3. The lowest BCUT2D eigenvalue weighted by Gasteiger charge is -2.13. The van der Waals surface area contributed by atoms with Crippen molar-refractivity contribution in [3.05, 3.63) is 0 Å². The van der Waals surface area contributed by atoms with Crippen LogP contribution in [0.5, 0.6) is 0 Å². The lowest BCUT2D eigenvalue weighted by molar-refractivity contribution is 0.403. The molecule has 0 bridgehead atoms. The van der Waals surface area contributed by atoms with E-state index in [1.165, 1.54) is 44.9 Å². The summed E-state index contributed by atoms with van der Waals surface area (Å²) in [6.45, 7) is 7.76. The van der Waals surface area contributed by atoms with Gasteiger partial charge in [0.25, 0.3) is 0 Å². The summed E-state index contributed by atoms with van der Waals surface area (Å²) in [5, 5.41) is 0. The SMILES string of the molecule is CCCCCCC(C)CCC(C)CN. The highest BCUT2D eigenvalue weighted by Crippen LogP contribution is 2.17. The third-order valence-electron chi connectivity index (χ3n) is 3.11. The van der Waals surface area contributed by atoms with Gasteiger partial charge in [-0.25, -0.2) is 0 Å². The first-order valence-corrected chi connectivity index (χ1v) is 6.40. The summed E-state index contributed by atoms with van der Waals surface area (Å²) < 4.78 is 0. The fraction of sp³-hybridized carbons (Fsp3) is 1.00. The quantitative estimate of drug-likeness (QED) is 0.559. The van der Waals surface area contributed by atoms with Crippen LogP contribution in [0.3, 0.4) is 0 Å². The van der Waals surface area contributed by atoms with Crippen molar-refractivity contribution < 1.29 is 0 Å². The van der Waals surface area contributed by atoms with E-state index in [4.69, 9.17) is 5.73 Å². The number of hydrogen-bond donors (Lipinski definition) is 1. The normalized spacial score (nSPS) is 15.4. The van der Waals surface area contributed by atoms with Crippen LogP contribution in [0.4, 0.5) is 0 Å². The van der Waals surface area contributed by atoms with Crippen LogP contribution in [0.2, 0.25) is 0 Å². The van der Waals surface area contributed by atoms with Crippen LogP contribution in [-0.4, -0.2) is 6.54 Å². The zero-order chi connectivity index (χ0) is 10.8. The summed E-state index contributed by atoms with van der Waals surface area (Å²) in [6, 6.07) is 0. The Bertz CT molecular complexity index is 112. The van der Waals surface area contributed by atoms with E-state index in [0.717, 1.165) is 12.5 Å². The second-order valence-corrected chi connectivity index (χ2v) is 4.87. The molecule has 1 nitrogen and oxygen atoms in total. The van der Waals surface area contributed by atoms with Gasteiger partial charge in [-0.15, -0.1) is 0 Å². The first-order valence-electron chi connectivity index (χ1n) is 6.40. The lowest BCUT2D eigenvalue weighted by atomic mass is 9.94. The molecule has 0 aromatic rings. The van der Waals surface area contributed by atoms with Gasteiger partial charge in [-0.1, -0.05) is 59.3 Å². The van der Waals surface area contributed by atoms with Crippen molar-refractivity contribution in [2.24, 2.45) is 17.6 Å². The minimum Gasteiger partial charge on any atom is -0.330 e. The van der Waals surface area contributed by atoms with Crippen molar-refractivity contribution in [2.45, 2.75) is 65.7 Å². The highest BCUT2D eigenvalue weighted by atomic mass is 14.5. The maximum absolute atomic E-state index is 5.60. The molecule has 0 amide bonds. The summed E-state index contributed by atoms with van der Waals surface area (Å²) >= 11 is 0. The first-order chi connectivity index (χ1) is 6.70. The van der Waals surface area contributed by atoms with Crippen LogP contribution in [0.25, 0.3) is 0 Å². The second kappa shape index (κ2) is 9.51. The van der Waals surface area contributed by atoms with Gasteiger partial charge in [-0.05, 0) is 24.8 Å². The third-order valence-corrected chi connectivity index (χ3v) is 3.11. The molecule has 0 rings (SSSR count). The van der Waals surface area contributed by atoms with Crippen LogP contribution in [0, 0.1) is 11.8 Å². The van der Waals surface area contributed by atoms with Crippen LogP contribution < -0.4 is 5.73 Å². The minimum atomic E-state index is 0.716. The molecule has 2 N–H and O–H groups in total. The molecule has 2 atom stereocenters. The molecule has 0 fully saturated rings. The molecule has 14 heavy (non-hydrogen) atoms. The van der Waals surface area contributed by atoms with Crippen molar-refractivity contribution in [2.75, 3.05) is 6.54 Å². The van der Waals surface area contributed by atoms with Gasteiger partial charge in [0.1, 0.15) is 0 Å². The molecule has 0 radical (unpaired) electrons. The Morgan fingerprint density at radius 1 is 0.857 bits per heavy atom. The molecule has 0 aromatic heterocycles. The summed E-state index contributed by atoms with van der Waals surface area (Å²) in [7, 11) is 0. The molecule has 0 saturated carbocycles. The Labute approximate surface area is 90.5 Å². The van der Waals surface area contributed by atoms with Gasteiger partial charge < -0.3 is 5.73 Å². The average molecular weight is 199 g/mol. The van der Waals surface area contributed by atoms with E-state index < -0.39 is 0 Å². The Morgan fingerprint density at radius 3 is 2.07 bits per heavy atom. The number of hydrogen-bond acceptors (Lipinski definition) is 1. The van der Waals surface area contributed by atoms with Gasteiger partial charge in [0.2, 0.25) is 0 Å². The number of nitrogens with two attached hydrogens (primary N) is 1. The van der Waals surface area contributed by atoms with Crippen molar-refractivity contribution in [3.63, 3.8) is 0 Å². The fourth-order valence-electron chi connectivity index (χ4n) is 1.75. The molecular formula is C13H29N. The highest BCUT2D eigenvalue weighted by Gasteiger charge is 2.05. The molecule has 0 spiro atoms. The van der Waals surface area contributed by atoms with Crippen molar-refractivity contribution in [1.29, 1.82) is 0 Å². The van der Waals surface area contributed by atoms with Crippen LogP contribution in [0.15, 0.2) is 0 Å².